The molecule has 1 saturated carbocycles. The van der Waals surface area contributed by atoms with Gasteiger partial charge >= 0.3 is 0 Å². The van der Waals surface area contributed by atoms with E-state index in [9.17, 15) is 5.11 Å². The van der Waals surface area contributed by atoms with Crippen molar-refractivity contribution in [1.29, 1.82) is 0 Å². The molecule has 0 aliphatic heterocycles. The molecule has 0 amide bonds. The van der Waals surface area contributed by atoms with E-state index < -0.39 is 0 Å². The zero-order valence-electron chi connectivity index (χ0n) is 10.4. The van der Waals surface area contributed by atoms with E-state index in [1.165, 1.54) is 0 Å². The van der Waals surface area contributed by atoms with Crippen LogP contribution >= 0.6 is 11.6 Å². The highest BCUT2D eigenvalue weighted by molar-refractivity contribution is 6.30. The molecule has 19 heavy (non-hydrogen) atoms. The highest BCUT2D eigenvalue weighted by atomic mass is 35.5. The number of benzene rings is 1. The molecule has 1 N–H and O–H groups in total. The van der Waals surface area contributed by atoms with Gasteiger partial charge in [-0.05, 0) is 37.0 Å². The van der Waals surface area contributed by atoms with Crippen LogP contribution in [0.2, 0.25) is 5.02 Å². The Hall–Kier alpha value is -1.39. The van der Waals surface area contributed by atoms with Crippen molar-refractivity contribution in [2.24, 2.45) is 0 Å². The van der Waals surface area contributed by atoms with Gasteiger partial charge in [0.25, 0.3) is 0 Å². The largest absolute Gasteiger partial charge is 0.392 e. The first-order valence-electron chi connectivity index (χ1n) is 6.47. The molecule has 0 bridgehead atoms. The average molecular weight is 279 g/mol. The fraction of sp³-hybridized carbons (Fsp3) is 0.429. The van der Waals surface area contributed by atoms with Crippen LogP contribution in [0.4, 0.5) is 0 Å². The molecule has 1 fully saturated rings. The van der Waals surface area contributed by atoms with Crippen LogP contribution in [0, 0.1) is 0 Å². The number of halogens is 1. The van der Waals surface area contributed by atoms with E-state index in [2.05, 4.69) is 10.1 Å². The summed E-state index contributed by atoms with van der Waals surface area (Å²) >= 11 is 5.84. The molecule has 2 atom stereocenters. The number of aliphatic hydroxyl groups is 1. The van der Waals surface area contributed by atoms with Crippen LogP contribution in [0.5, 0.6) is 0 Å². The van der Waals surface area contributed by atoms with Gasteiger partial charge in [-0.25, -0.2) is 0 Å². The minimum atomic E-state index is -0.344. The lowest BCUT2D eigenvalue weighted by Crippen LogP contribution is -2.11. The third kappa shape index (κ3) is 2.80. The van der Waals surface area contributed by atoms with Crippen molar-refractivity contribution < 1.29 is 9.63 Å². The van der Waals surface area contributed by atoms with Gasteiger partial charge < -0.3 is 9.63 Å². The lowest BCUT2D eigenvalue weighted by molar-refractivity contribution is 0.148. The molecule has 3 rings (SSSR count). The Labute approximate surface area is 116 Å². The highest BCUT2D eigenvalue weighted by Crippen LogP contribution is 2.33. The van der Waals surface area contributed by atoms with E-state index in [1.54, 1.807) is 0 Å². The molecule has 0 saturated heterocycles. The first-order valence-corrected chi connectivity index (χ1v) is 6.85. The van der Waals surface area contributed by atoms with Crippen molar-refractivity contribution in [2.45, 2.75) is 37.7 Å². The molecule has 1 aromatic carbocycles. The first kappa shape index (κ1) is 12.6. The number of nitrogens with zero attached hydrogens (tertiary/aromatic N) is 2. The van der Waals surface area contributed by atoms with Gasteiger partial charge in [0.1, 0.15) is 0 Å². The molecule has 1 aromatic heterocycles. The van der Waals surface area contributed by atoms with E-state index in [1.807, 2.05) is 24.3 Å². The molecule has 2 unspecified atom stereocenters. The molecular weight excluding hydrogens is 264 g/mol. The van der Waals surface area contributed by atoms with E-state index in [0.717, 1.165) is 24.8 Å². The summed E-state index contributed by atoms with van der Waals surface area (Å²) in [6, 6.07) is 7.59. The SMILES string of the molecule is OC1CCCC1c1nc(Cc2ccc(Cl)cc2)no1. The summed E-state index contributed by atoms with van der Waals surface area (Å²) in [6.07, 6.45) is 3.02. The summed E-state index contributed by atoms with van der Waals surface area (Å²) in [7, 11) is 0. The number of hydrogen-bond acceptors (Lipinski definition) is 4. The van der Waals surface area contributed by atoms with Gasteiger partial charge in [0.2, 0.25) is 5.89 Å². The Kier molecular flexibility index (Phi) is 3.53. The van der Waals surface area contributed by atoms with Crippen molar-refractivity contribution in [3.8, 4) is 0 Å². The maximum atomic E-state index is 9.83. The zero-order valence-corrected chi connectivity index (χ0v) is 11.2. The van der Waals surface area contributed by atoms with E-state index in [0.29, 0.717) is 23.2 Å². The Morgan fingerprint density at radius 1 is 1.26 bits per heavy atom. The molecule has 1 heterocycles. The minimum Gasteiger partial charge on any atom is -0.392 e. The van der Waals surface area contributed by atoms with Gasteiger partial charge in [0.05, 0.1) is 12.0 Å². The Morgan fingerprint density at radius 3 is 2.74 bits per heavy atom. The van der Waals surface area contributed by atoms with Crippen LogP contribution in [-0.2, 0) is 6.42 Å². The fourth-order valence-corrected chi connectivity index (χ4v) is 2.63. The summed E-state index contributed by atoms with van der Waals surface area (Å²) in [6.45, 7) is 0. The minimum absolute atomic E-state index is 0.00599. The predicted octanol–water partition coefficient (Wildman–Crippen LogP) is 2.94. The van der Waals surface area contributed by atoms with Crippen molar-refractivity contribution in [3.63, 3.8) is 0 Å². The first-order chi connectivity index (χ1) is 9.22. The molecule has 100 valence electrons. The van der Waals surface area contributed by atoms with Gasteiger partial charge in [-0.1, -0.05) is 28.9 Å². The Bertz CT molecular complexity index is 553. The van der Waals surface area contributed by atoms with Crippen molar-refractivity contribution >= 4 is 11.6 Å². The summed E-state index contributed by atoms with van der Waals surface area (Å²) in [4.78, 5) is 4.39. The van der Waals surface area contributed by atoms with Crippen LogP contribution < -0.4 is 0 Å². The monoisotopic (exact) mass is 278 g/mol. The van der Waals surface area contributed by atoms with Crippen LogP contribution in [0.15, 0.2) is 28.8 Å². The lowest BCUT2D eigenvalue weighted by atomic mass is 10.1. The Morgan fingerprint density at radius 2 is 2.05 bits per heavy atom. The summed E-state index contributed by atoms with van der Waals surface area (Å²) in [5.41, 5.74) is 1.09. The number of hydrogen-bond donors (Lipinski definition) is 1. The molecule has 1 aliphatic rings. The molecule has 0 radical (unpaired) electrons. The third-order valence-corrected chi connectivity index (χ3v) is 3.81. The van der Waals surface area contributed by atoms with Crippen LogP contribution in [-0.4, -0.2) is 21.4 Å². The molecule has 5 heteroatoms. The molecule has 1 aliphatic carbocycles. The maximum Gasteiger partial charge on any atom is 0.232 e. The van der Waals surface area contributed by atoms with E-state index in [4.69, 9.17) is 16.1 Å². The predicted molar refractivity (Wildman–Crippen MR) is 71.2 cm³/mol. The number of aromatic nitrogens is 2. The normalized spacial score (nSPS) is 22.8. The van der Waals surface area contributed by atoms with E-state index >= 15 is 0 Å². The summed E-state index contributed by atoms with van der Waals surface area (Å²) < 4.78 is 5.27. The fourth-order valence-electron chi connectivity index (χ4n) is 2.50. The highest BCUT2D eigenvalue weighted by Gasteiger charge is 2.31. The van der Waals surface area contributed by atoms with Crippen LogP contribution in [0.1, 0.15) is 42.5 Å². The Balaban J connectivity index is 1.72. The quantitative estimate of drug-likeness (QED) is 0.938. The smallest absolute Gasteiger partial charge is 0.232 e. The third-order valence-electron chi connectivity index (χ3n) is 3.56. The van der Waals surface area contributed by atoms with Crippen LogP contribution in [0.25, 0.3) is 0 Å². The molecular formula is C14H15ClN2O2. The number of aliphatic hydroxyl groups excluding tert-OH is 1. The van der Waals surface area contributed by atoms with Gasteiger partial charge in [-0.15, -0.1) is 0 Å². The van der Waals surface area contributed by atoms with Gasteiger partial charge in [0.15, 0.2) is 5.82 Å². The lowest BCUT2D eigenvalue weighted by Gasteiger charge is -2.07. The van der Waals surface area contributed by atoms with Crippen molar-refractivity contribution in [2.75, 3.05) is 0 Å². The molecule has 4 nitrogen and oxygen atoms in total. The van der Waals surface area contributed by atoms with Crippen molar-refractivity contribution in [1.82, 2.24) is 10.1 Å². The second-order valence-corrected chi connectivity index (χ2v) is 5.39. The van der Waals surface area contributed by atoms with E-state index in [-0.39, 0.29) is 12.0 Å². The number of rotatable bonds is 3. The molecule has 2 aromatic rings. The van der Waals surface area contributed by atoms with Gasteiger partial charge in [0, 0.05) is 11.4 Å². The summed E-state index contributed by atoms with van der Waals surface area (Å²) in [5, 5.41) is 14.5. The summed E-state index contributed by atoms with van der Waals surface area (Å²) in [5.74, 6) is 1.22. The standard InChI is InChI=1S/C14H15ClN2O2/c15-10-6-4-9(5-7-10)8-13-16-14(19-17-13)11-2-1-3-12(11)18/h4-7,11-12,18H,1-3,8H2. The maximum absolute atomic E-state index is 9.83. The van der Waals surface area contributed by atoms with Gasteiger partial charge in [-0.3, -0.25) is 0 Å². The zero-order chi connectivity index (χ0) is 13.2. The van der Waals surface area contributed by atoms with Crippen molar-refractivity contribution in [3.05, 3.63) is 46.6 Å². The average Bonchev–Trinajstić information content (AvgIpc) is 3.01. The second kappa shape index (κ2) is 5.31. The van der Waals surface area contributed by atoms with Gasteiger partial charge in [-0.2, -0.15) is 4.98 Å². The van der Waals surface area contributed by atoms with Crippen LogP contribution in [0.3, 0.4) is 0 Å². The molecule has 0 spiro atoms. The second-order valence-electron chi connectivity index (χ2n) is 4.96. The topological polar surface area (TPSA) is 59.2 Å².